The van der Waals surface area contributed by atoms with Crippen molar-refractivity contribution in [1.29, 1.82) is 0 Å². The third-order valence-corrected chi connectivity index (χ3v) is 6.64. The third kappa shape index (κ3) is 3.60. The van der Waals surface area contributed by atoms with Crippen LogP contribution in [0.4, 0.5) is 0 Å². The first-order valence-corrected chi connectivity index (χ1v) is 10.2. The average Bonchev–Trinajstić information content (AvgIpc) is 3.02. The lowest BCUT2D eigenvalue weighted by Gasteiger charge is -2.36. The van der Waals surface area contributed by atoms with Crippen LogP contribution in [0, 0.1) is 5.92 Å². The zero-order valence-electron chi connectivity index (χ0n) is 16.2. The fourth-order valence-corrected chi connectivity index (χ4v) is 5.25. The number of fused-ring (bicyclic) bond motifs is 1. The van der Waals surface area contributed by atoms with Crippen LogP contribution in [0.15, 0.2) is 54.6 Å². The molecule has 1 aliphatic heterocycles. The summed E-state index contributed by atoms with van der Waals surface area (Å²) in [4.78, 5) is 15.1. The standard InChI is InChI=1S/C24H29NO2/c1-27-22-12-5-10-20(17-22)24-13-6-11-21(24)18-25(15-7-14-24)23(26)16-19-8-3-2-4-9-19/h2-5,8-10,12,17,21H,6-7,11,13-16,18H2,1H3/t21-,24-/m0/s1. The monoisotopic (exact) mass is 363 g/mol. The molecule has 0 aromatic heterocycles. The number of methoxy groups -OCH3 is 1. The third-order valence-electron chi connectivity index (χ3n) is 6.64. The minimum absolute atomic E-state index is 0.205. The van der Waals surface area contributed by atoms with Gasteiger partial charge in [0.15, 0.2) is 0 Å². The summed E-state index contributed by atoms with van der Waals surface area (Å²) in [5.41, 5.74) is 2.72. The molecule has 3 heteroatoms. The summed E-state index contributed by atoms with van der Waals surface area (Å²) in [6.45, 7) is 1.77. The normalized spacial score (nSPS) is 24.9. The molecule has 3 nitrogen and oxygen atoms in total. The summed E-state index contributed by atoms with van der Waals surface area (Å²) in [7, 11) is 1.74. The lowest BCUT2D eigenvalue weighted by atomic mass is 9.69. The maximum Gasteiger partial charge on any atom is 0.226 e. The number of rotatable bonds is 4. The van der Waals surface area contributed by atoms with E-state index < -0.39 is 0 Å². The van der Waals surface area contributed by atoms with E-state index in [0.717, 1.165) is 30.8 Å². The zero-order valence-corrected chi connectivity index (χ0v) is 16.2. The Morgan fingerprint density at radius 3 is 2.74 bits per heavy atom. The molecular formula is C24H29NO2. The van der Waals surface area contributed by atoms with Crippen LogP contribution in [0.1, 0.15) is 43.2 Å². The van der Waals surface area contributed by atoms with Gasteiger partial charge in [0.2, 0.25) is 5.91 Å². The number of carbonyl (C=O) groups excluding carboxylic acids is 1. The molecule has 1 amide bonds. The minimum Gasteiger partial charge on any atom is -0.497 e. The Labute approximate surface area is 162 Å². The van der Waals surface area contributed by atoms with Crippen molar-refractivity contribution in [2.75, 3.05) is 20.2 Å². The molecule has 1 heterocycles. The molecule has 2 aliphatic rings. The van der Waals surface area contributed by atoms with Crippen LogP contribution in [0.25, 0.3) is 0 Å². The smallest absolute Gasteiger partial charge is 0.226 e. The fourth-order valence-electron chi connectivity index (χ4n) is 5.25. The SMILES string of the molecule is COc1cccc([C@@]23CCC[C@H]2CN(C(=O)Cc2ccccc2)CCC3)c1. The summed E-state index contributed by atoms with van der Waals surface area (Å²) < 4.78 is 5.48. The van der Waals surface area contributed by atoms with E-state index in [2.05, 4.69) is 23.1 Å². The first-order valence-electron chi connectivity index (χ1n) is 10.2. The van der Waals surface area contributed by atoms with E-state index in [1.54, 1.807) is 7.11 Å². The number of carbonyl (C=O) groups is 1. The molecule has 1 saturated carbocycles. The van der Waals surface area contributed by atoms with Crippen molar-refractivity contribution in [3.05, 3.63) is 65.7 Å². The molecule has 1 aliphatic carbocycles. The Balaban J connectivity index is 1.54. The predicted molar refractivity (Wildman–Crippen MR) is 108 cm³/mol. The van der Waals surface area contributed by atoms with Gasteiger partial charge in [0.25, 0.3) is 0 Å². The largest absolute Gasteiger partial charge is 0.497 e. The summed E-state index contributed by atoms with van der Waals surface area (Å²) in [6.07, 6.45) is 6.45. The van der Waals surface area contributed by atoms with Gasteiger partial charge in [-0.2, -0.15) is 0 Å². The molecule has 0 spiro atoms. The molecule has 142 valence electrons. The van der Waals surface area contributed by atoms with Crippen molar-refractivity contribution in [2.24, 2.45) is 5.92 Å². The molecule has 2 fully saturated rings. The Hall–Kier alpha value is -2.29. The highest BCUT2D eigenvalue weighted by atomic mass is 16.5. The van der Waals surface area contributed by atoms with Gasteiger partial charge < -0.3 is 9.64 Å². The molecule has 27 heavy (non-hydrogen) atoms. The van der Waals surface area contributed by atoms with Crippen LogP contribution in [0.3, 0.4) is 0 Å². The highest BCUT2D eigenvalue weighted by Gasteiger charge is 2.46. The number of likely N-dealkylation sites (tertiary alicyclic amines) is 1. The molecule has 2 aromatic rings. The van der Waals surface area contributed by atoms with Crippen LogP contribution >= 0.6 is 0 Å². The van der Waals surface area contributed by atoms with Crippen molar-refractivity contribution >= 4 is 5.91 Å². The Kier molecular flexibility index (Phi) is 5.20. The lowest BCUT2D eigenvalue weighted by Crippen LogP contribution is -2.39. The summed E-state index contributed by atoms with van der Waals surface area (Å²) in [6, 6.07) is 18.7. The highest BCUT2D eigenvalue weighted by molar-refractivity contribution is 5.78. The average molecular weight is 364 g/mol. The van der Waals surface area contributed by atoms with Gasteiger partial charge in [0.1, 0.15) is 5.75 Å². The number of hydrogen-bond acceptors (Lipinski definition) is 2. The summed E-state index contributed by atoms with van der Waals surface area (Å²) >= 11 is 0. The van der Waals surface area contributed by atoms with Crippen LogP contribution in [-0.2, 0) is 16.6 Å². The second-order valence-electron chi connectivity index (χ2n) is 8.08. The first kappa shape index (κ1) is 18.1. The molecule has 0 radical (unpaired) electrons. The fraction of sp³-hybridized carbons (Fsp3) is 0.458. The van der Waals surface area contributed by atoms with Crippen LogP contribution in [0.2, 0.25) is 0 Å². The predicted octanol–water partition coefficient (Wildman–Crippen LogP) is 4.60. The molecule has 4 rings (SSSR count). The van der Waals surface area contributed by atoms with Gasteiger partial charge in [-0.15, -0.1) is 0 Å². The second kappa shape index (κ2) is 7.75. The van der Waals surface area contributed by atoms with E-state index >= 15 is 0 Å². The van der Waals surface area contributed by atoms with Crippen LogP contribution in [0.5, 0.6) is 5.75 Å². The van der Waals surface area contributed by atoms with Gasteiger partial charge in [0, 0.05) is 18.5 Å². The number of hydrogen-bond donors (Lipinski definition) is 0. The van der Waals surface area contributed by atoms with Gasteiger partial charge in [-0.3, -0.25) is 4.79 Å². The van der Waals surface area contributed by atoms with Crippen molar-refractivity contribution in [2.45, 2.75) is 43.9 Å². The van der Waals surface area contributed by atoms with Crippen molar-refractivity contribution < 1.29 is 9.53 Å². The van der Waals surface area contributed by atoms with Crippen molar-refractivity contribution in [1.82, 2.24) is 4.90 Å². The lowest BCUT2D eigenvalue weighted by molar-refractivity contribution is -0.131. The number of amides is 1. The maximum absolute atomic E-state index is 13.0. The first-order chi connectivity index (χ1) is 13.2. The quantitative estimate of drug-likeness (QED) is 0.795. The van der Waals surface area contributed by atoms with Crippen LogP contribution in [-0.4, -0.2) is 31.0 Å². The summed E-state index contributed by atoms with van der Waals surface area (Å²) in [5, 5.41) is 0. The topological polar surface area (TPSA) is 29.5 Å². The van der Waals surface area contributed by atoms with E-state index in [-0.39, 0.29) is 11.3 Å². The van der Waals surface area contributed by atoms with E-state index in [0.29, 0.717) is 12.3 Å². The van der Waals surface area contributed by atoms with E-state index in [9.17, 15) is 4.79 Å². The summed E-state index contributed by atoms with van der Waals surface area (Å²) in [5.74, 6) is 1.76. The Morgan fingerprint density at radius 2 is 1.93 bits per heavy atom. The molecule has 2 aromatic carbocycles. The van der Waals surface area contributed by atoms with Gasteiger partial charge in [-0.05, 0) is 54.9 Å². The molecular weight excluding hydrogens is 334 g/mol. The number of nitrogens with zero attached hydrogens (tertiary/aromatic N) is 1. The molecule has 0 bridgehead atoms. The second-order valence-corrected chi connectivity index (χ2v) is 8.08. The minimum atomic E-state index is 0.205. The van der Waals surface area contributed by atoms with Gasteiger partial charge >= 0.3 is 0 Å². The van der Waals surface area contributed by atoms with Crippen LogP contribution < -0.4 is 4.74 Å². The highest BCUT2D eigenvalue weighted by Crippen LogP contribution is 2.51. The van der Waals surface area contributed by atoms with Gasteiger partial charge in [0.05, 0.1) is 13.5 Å². The van der Waals surface area contributed by atoms with Crippen molar-refractivity contribution in [3.63, 3.8) is 0 Å². The van der Waals surface area contributed by atoms with Gasteiger partial charge in [-0.1, -0.05) is 48.9 Å². The molecule has 0 unspecified atom stereocenters. The molecule has 0 N–H and O–H groups in total. The van der Waals surface area contributed by atoms with Gasteiger partial charge in [-0.25, -0.2) is 0 Å². The van der Waals surface area contributed by atoms with Crippen molar-refractivity contribution in [3.8, 4) is 5.75 Å². The van der Waals surface area contributed by atoms with E-state index in [1.807, 2.05) is 36.4 Å². The molecule has 2 atom stereocenters. The Bertz CT molecular complexity index is 788. The van der Waals surface area contributed by atoms with E-state index in [4.69, 9.17) is 4.74 Å². The van der Waals surface area contributed by atoms with E-state index in [1.165, 1.54) is 31.2 Å². The number of ether oxygens (including phenoxy) is 1. The zero-order chi connectivity index (χ0) is 18.7. The number of benzene rings is 2. The Morgan fingerprint density at radius 1 is 1.11 bits per heavy atom. The molecule has 1 saturated heterocycles. The maximum atomic E-state index is 13.0.